The van der Waals surface area contributed by atoms with Crippen molar-refractivity contribution in [2.24, 2.45) is 0 Å². The van der Waals surface area contributed by atoms with Gasteiger partial charge >= 0.3 is 0 Å². The first-order chi connectivity index (χ1) is 15.5. The Morgan fingerprint density at radius 2 is 2.09 bits per heavy atom. The minimum Gasteiger partial charge on any atom is -0.388 e. The molecule has 0 unspecified atom stereocenters. The number of alkyl halides is 2. The number of rotatable bonds is 6. The van der Waals surface area contributed by atoms with Crippen LogP contribution in [0.5, 0.6) is 0 Å². The van der Waals surface area contributed by atoms with E-state index >= 15 is 0 Å². The first kappa shape index (κ1) is 24.3. The number of aromatic nitrogens is 1. The number of halogens is 2. The summed E-state index contributed by atoms with van der Waals surface area (Å²) < 4.78 is 28.4. The van der Waals surface area contributed by atoms with Crippen molar-refractivity contribution in [1.29, 1.82) is 0 Å². The van der Waals surface area contributed by atoms with E-state index in [4.69, 9.17) is 0 Å². The molecule has 1 aromatic rings. The monoisotopic (exact) mass is 480 g/mol. The van der Waals surface area contributed by atoms with Crippen molar-refractivity contribution in [3.63, 3.8) is 0 Å². The molecule has 0 spiro atoms. The Morgan fingerprint density at radius 3 is 2.64 bits per heavy atom. The molecule has 0 bridgehead atoms. The van der Waals surface area contributed by atoms with Crippen LogP contribution in [-0.4, -0.2) is 61.9 Å². The average Bonchev–Trinajstić information content (AvgIpc) is 3.31. The smallest absolute Gasteiger partial charge is 0.271 e. The lowest BCUT2D eigenvalue weighted by molar-refractivity contribution is -0.129. The highest BCUT2D eigenvalue weighted by atomic mass is 32.2. The fourth-order valence-electron chi connectivity index (χ4n) is 4.74. The summed E-state index contributed by atoms with van der Waals surface area (Å²) in [4.78, 5) is 22.4. The number of aliphatic hydroxyl groups is 1. The van der Waals surface area contributed by atoms with Crippen molar-refractivity contribution in [2.75, 3.05) is 24.3 Å². The number of amides is 1. The fourth-order valence-corrected chi connectivity index (χ4v) is 5.93. The van der Waals surface area contributed by atoms with Gasteiger partial charge in [0.25, 0.3) is 12.3 Å². The summed E-state index contributed by atoms with van der Waals surface area (Å²) in [7, 11) is 0. The zero-order valence-electron chi connectivity index (χ0n) is 19.8. The first-order valence-corrected chi connectivity index (χ1v) is 12.7. The molecule has 4 rings (SSSR count). The molecule has 0 aromatic carbocycles. The number of hydrogen-bond donors (Lipinski definition) is 2. The van der Waals surface area contributed by atoms with Crippen LogP contribution in [-0.2, 0) is 4.79 Å². The van der Waals surface area contributed by atoms with Crippen LogP contribution in [0.15, 0.2) is 18.0 Å². The quantitative estimate of drug-likeness (QED) is 0.608. The molecule has 1 aromatic heterocycles. The van der Waals surface area contributed by atoms with E-state index in [0.717, 1.165) is 19.3 Å². The summed E-state index contributed by atoms with van der Waals surface area (Å²) in [6, 6.07) is 1.50. The molecule has 3 aliphatic rings. The van der Waals surface area contributed by atoms with Crippen molar-refractivity contribution in [2.45, 2.75) is 83.4 Å². The van der Waals surface area contributed by atoms with E-state index in [2.05, 4.69) is 10.3 Å². The Bertz CT molecular complexity index is 943. The number of anilines is 1. The van der Waals surface area contributed by atoms with Crippen molar-refractivity contribution in [3.05, 3.63) is 29.1 Å². The Morgan fingerprint density at radius 1 is 1.36 bits per heavy atom. The molecule has 1 aliphatic carbocycles. The molecule has 6 nitrogen and oxygen atoms in total. The summed E-state index contributed by atoms with van der Waals surface area (Å²) >= 11 is 1.38. The van der Waals surface area contributed by atoms with Crippen LogP contribution >= 0.6 is 11.8 Å². The molecule has 2 fully saturated rings. The van der Waals surface area contributed by atoms with E-state index < -0.39 is 12.0 Å². The summed E-state index contributed by atoms with van der Waals surface area (Å²) in [5, 5.41) is 13.9. The third-order valence-corrected chi connectivity index (χ3v) is 7.74. The van der Waals surface area contributed by atoms with Crippen LogP contribution in [0.25, 0.3) is 4.91 Å². The Hall–Kier alpha value is -1.87. The van der Waals surface area contributed by atoms with E-state index in [1.807, 2.05) is 37.5 Å². The zero-order chi connectivity index (χ0) is 24.0. The van der Waals surface area contributed by atoms with Gasteiger partial charge in [-0.3, -0.25) is 4.79 Å². The first-order valence-electron chi connectivity index (χ1n) is 11.7. The second-order valence-electron chi connectivity index (χ2n) is 10.5. The number of hydrogen-bond acceptors (Lipinski definition) is 6. The van der Waals surface area contributed by atoms with Gasteiger partial charge in [0.05, 0.1) is 11.5 Å². The molecule has 1 saturated carbocycles. The van der Waals surface area contributed by atoms with Gasteiger partial charge in [0.15, 0.2) is 0 Å². The topological polar surface area (TPSA) is 68.7 Å². The summed E-state index contributed by atoms with van der Waals surface area (Å²) in [5.41, 5.74) is -0.551. The number of carbonyl (C=O) groups excluding carboxylic acids is 1. The highest BCUT2D eigenvalue weighted by Crippen LogP contribution is 2.46. The molecule has 2 N–H and O–H groups in total. The predicted octanol–water partition coefficient (Wildman–Crippen LogP) is 4.83. The minimum absolute atomic E-state index is 0.108. The molecule has 1 amide bonds. The number of likely N-dealkylation sites (tertiary alicyclic amines) is 1. The van der Waals surface area contributed by atoms with Crippen molar-refractivity contribution >= 4 is 28.4 Å². The molecular formula is C24H34F2N4O2S. The van der Waals surface area contributed by atoms with Gasteiger partial charge in [-0.05, 0) is 65.9 Å². The number of thioether (sulfide) groups is 1. The minimum atomic E-state index is -2.71. The van der Waals surface area contributed by atoms with E-state index in [9.17, 15) is 18.7 Å². The Kier molecular flexibility index (Phi) is 6.66. The molecule has 33 heavy (non-hydrogen) atoms. The standard InChI is InChI=1S/C24H34F2N4O2S/c1-15-7-5-10-30(15)22(31)19-20(33-14-29(19)13-24(32)8-6-9-24)17-12-27-18(28-23(2,3)4)11-16(17)21(25)26/h11-12,15,21,32H,5-10,13-14H2,1-4H3,(H,27,28)/t15-/m0/s1. The van der Waals surface area contributed by atoms with Crippen LogP contribution in [0.1, 0.15) is 77.4 Å². The molecule has 0 radical (unpaired) electrons. The second-order valence-corrected chi connectivity index (χ2v) is 11.5. The number of pyridine rings is 1. The second kappa shape index (κ2) is 9.06. The number of nitrogens with zero attached hydrogens (tertiary/aromatic N) is 3. The van der Waals surface area contributed by atoms with Gasteiger partial charge in [-0.1, -0.05) is 0 Å². The SMILES string of the molecule is C[C@H]1CCCN1C(=O)C1=C(c2cnc(NC(C)(C)C)cc2C(F)F)SCN1CC1(O)CCC1. The molecule has 9 heteroatoms. The largest absolute Gasteiger partial charge is 0.388 e. The number of carbonyl (C=O) groups is 1. The van der Waals surface area contributed by atoms with Gasteiger partial charge in [-0.15, -0.1) is 11.8 Å². The van der Waals surface area contributed by atoms with Crippen molar-refractivity contribution in [1.82, 2.24) is 14.8 Å². The summed E-state index contributed by atoms with van der Waals surface area (Å²) in [6.07, 6.45) is 2.97. The molecule has 1 atom stereocenters. The van der Waals surface area contributed by atoms with Gasteiger partial charge in [0.2, 0.25) is 0 Å². The summed E-state index contributed by atoms with van der Waals surface area (Å²) in [5.74, 6) is 0.692. The predicted molar refractivity (Wildman–Crippen MR) is 128 cm³/mol. The van der Waals surface area contributed by atoms with Crippen LogP contribution < -0.4 is 5.32 Å². The van der Waals surface area contributed by atoms with Crippen molar-refractivity contribution < 1.29 is 18.7 Å². The third-order valence-electron chi connectivity index (χ3n) is 6.60. The highest BCUT2D eigenvalue weighted by Gasteiger charge is 2.42. The van der Waals surface area contributed by atoms with Gasteiger partial charge in [-0.25, -0.2) is 13.8 Å². The van der Waals surface area contributed by atoms with Gasteiger partial charge < -0.3 is 20.2 Å². The van der Waals surface area contributed by atoms with Crippen molar-refractivity contribution in [3.8, 4) is 0 Å². The summed E-state index contributed by atoms with van der Waals surface area (Å²) in [6.45, 7) is 8.85. The molecular weight excluding hydrogens is 446 g/mol. The van der Waals surface area contributed by atoms with Crippen LogP contribution in [0, 0.1) is 0 Å². The number of nitrogens with one attached hydrogen (secondary N) is 1. The molecule has 1 saturated heterocycles. The van der Waals surface area contributed by atoms with E-state index in [1.165, 1.54) is 24.0 Å². The Balaban J connectivity index is 1.76. The fraction of sp³-hybridized carbons (Fsp3) is 0.667. The lowest BCUT2D eigenvalue weighted by Crippen LogP contribution is -2.49. The molecule has 2 aliphatic heterocycles. The maximum absolute atomic E-state index is 14.2. The molecule has 182 valence electrons. The van der Waals surface area contributed by atoms with Crippen LogP contribution in [0.4, 0.5) is 14.6 Å². The highest BCUT2D eigenvalue weighted by molar-refractivity contribution is 8.08. The Labute approximate surface area is 198 Å². The third kappa shape index (κ3) is 5.14. The van der Waals surface area contributed by atoms with Gasteiger partial charge in [-0.2, -0.15) is 0 Å². The normalized spacial score (nSPS) is 22.8. The molecule has 3 heterocycles. The van der Waals surface area contributed by atoms with Gasteiger partial charge in [0.1, 0.15) is 11.5 Å². The van der Waals surface area contributed by atoms with Crippen LogP contribution in [0.3, 0.4) is 0 Å². The lowest BCUT2D eigenvalue weighted by Gasteiger charge is -2.41. The van der Waals surface area contributed by atoms with E-state index in [-0.39, 0.29) is 23.1 Å². The maximum Gasteiger partial charge on any atom is 0.271 e. The lowest BCUT2D eigenvalue weighted by atomic mass is 9.80. The average molecular weight is 481 g/mol. The maximum atomic E-state index is 14.2. The number of β-amino-alcohol motifs (C(OH)–C–C–N with tert-alkyl or cyclic N) is 1. The zero-order valence-corrected chi connectivity index (χ0v) is 20.6. The van der Waals surface area contributed by atoms with Crippen LogP contribution in [0.2, 0.25) is 0 Å². The van der Waals surface area contributed by atoms with Gasteiger partial charge in [0, 0.05) is 46.9 Å². The van der Waals surface area contributed by atoms with E-state index in [0.29, 0.717) is 53.8 Å². The van der Waals surface area contributed by atoms with E-state index in [1.54, 1.807) is 0 Å².